The van der Waals surface area contributed by atoms with Crippen LogP contribution in [0.2, 0.25) is 0 Å². The molecule has 0 radical (unpaired) electrons. The Balaban J connectivity index is 2.37. The SMILES string of the molecule is COc1cc(-c2cc(=O)c3c(O)cc(O)c(O)c3o2)c(O)cc1O. The van der Waals surface area contributed by atoms with Crippen LogP contribution >= 0.6 is 0 Å². The molecule has 124 valence electrons. The first-order valence-electron chi connectivity index (χ1n) is 6.65. The molecule has 24 heavy (non-hydrogen) atoms. The first-order chi connectivity index (χ1) is 11.3. The average molecular weight is 332 g/mol. The molecule has 1 aromatic heterocycles. The number of aromatic hydroxyl groups is 5. The summed E-state index contributed by atoms with van der Waals surface area (Å²) in [6.07, 6.45) is 0. The fourth-order valence-corrected chi connectivity index (χ4v) is 2.34. The van der Waals surface area contributed by atoms with E-state index in [1.165, 1.54) is 13.2 Å². The van der Waals surface area contributed by atoms with E-state index in [9.17, 15) is 30.3 Å². The first kappa shape index (κ1) is 15.3. The van der Waals surface area contributed by atoms with Crippen LogP contribution in [0, 0.1) is 0 Å². The lowest BCUT2D eigenvalue weighted by atomic mass is 10.1. The minimum Gasteiger partial charge on any atom is -0.507 e. The molecule has 3 rings (SSSR count). The first-order valence-corrected chi connectivity index (χ1v) is 6.65. The molecule has 0 saturated heterocycles. The van der Waals surface area contributed by atoms with Crippen LogP contribution in [-0.4, -0.2) is 32.6 Å². The van der Waals surface area contributed by atoms with E-state index in [-0.39, 0.29) is 28.2 Å². The van der Waals surface area contributed by atoms with E-state index < -0.39 is 34.0 Å². The van der Waals surface area contributed by atoms with Crippen LogP contribution < -0.4 is 10.2 Å². The van der Waals surface area contributed by atoms with Crippen molar-refractivity contribution in [3.05, 3.63) is 34.5 Å². The highest BCUT2D eigenvalue weighted by Crippen LogP contribution is 2.42. The van der Waals surface area contributed by atoms with Gasteiger partial charge in [0.05, 0.1) is 12.7 Å². The molecule has 3 aromatic rings. The molecule has 0 aliphatic heterocycles. The Bertz CT molecular complexity index is 1020. The highest BCUT2D eigenvalue weighted by atomic mass is 16.5. The molecule has 0 spiro atoms. The van der Waals surface area contributed by atoms with Gasteiger partial charge in [-0.3, -0.25) is 4.79 Å². The van der Waals surface area contributed by atoms with Crippen molar-refractivity contribution in [2.24, 2.45) is 0 Å². The van der Waals surface area contributed by atoms with Crippen molar-refractivity contribution in [1.82, 2.24) is 0 Å². The molecule has 0 bridgehead atoms. The fourth-order valence-electron chi connectivity index (χ4n) is 2.34. The third-order valence-electron chi connectivity index (χ3n) is 3.50. The van der Waals surface area contributed by atoms with Gasteiger partial charge in [0.15, 0.2) is 28.3 Å². The van der Waals surface area contributed by atoms with Gasteiger partial charge in [0.2, 0.25) is 5.75 Å². The summed E-state index contributed by atoms with van der Waals surface area (Å²) in [5.41, 5.74) is -1.14. The van der Waals surface area contributed by atoms with Crippen molar-refractivity contribution < 1.29 is 34.7 Å². The highest BCUT2D eigenvalue weighted by molar-refractivity contribution is 5.91. The molecule has 0 amide bonds. The summed E-state index contributed by atoms with van der Waals surface area (Å²) in [5.74, 6) is -2.83. The monoisotopic (exact) mass is 332 g/mol. The zero-order valence-corrected chi connectivity index (χ0v) is 12.3. The molecule has 0 unspecified atom stereocenters. The molecule has 8 heteroatoms. The Kier molecular flexibility index (Phi) is 3.37. The number of rotatable bonds is 2. The summed E-state index contributed by atoms with van der Waals surface area (Å²) in [4.78, 5) is 12.2. The highest BCUT2D eigenvalue weighted by Gasteiger charge is 2.20. The van der Waals surface area contributed by atoms with Gasteiger partial charge < -0.3 is 34.7 Å². The maximum atomic E-state index is 12.2. The normalized spacial score (nSPS) is 10.9. The number of benzene rings is 2. The van der Waals surface area contributed by atoms with Gasteiger partial charge in [-0.05, 0) is 6.07 Å². The van der Waals surface area contributed by atoms with E-state index in [2.05, 4.69) is 0 Å². The van der Waals surface area contributed by atoms with Gasteiger partial charge in [-0.15, -0.1) is 0 Å². The Hall–Kier alpha value is -3.55. The summed E-state index contributed by atoms with van der Waals surface area (Å²) in [7, 11) is 1.30. The summed E-state index contributed by atoms with van der Waals surface area (Å²) < 4.78 is 10.3. The second-order valence-corrected chi connectivity index (χ2v) is 4.98. The van der Waals surface area contributed by atoms with Crippen LogP contribution in [0.15, 0.2) is 33.5 Å². The van der Waals surface area contributed by atoms with Crippen LogP contribution in [0.1, 0.15) is 0 Å². The van der Waals surface area contributed by atoms with Crippen LogP contribution in [0.5, 0.6) is 34.5 Å². The number of phenols is 5. The molecule has 0 aliphatic carbocycles. The lowest BCUT2D eigenvalue weighted by Gasteiger charge is -2.10. The van der Waals surface area contributed by atoms with Gasteiger partial charge >= 0.3 is 0 Å². The molecule has 0 fully saturated rings. The van der Waals surface area contributed by atoms with E-state index in [0.717, 1.165) is 18.2 Å². The van der Waals surface area contributed by atoms with E-state index >= 15 is 0 Å². The summed E-state index contributed by atoms with van der Waals surface area (Å²) in [6.45, 7) is 0. The van der Waals surface area contributed by atoms with Crippen molar-refractivity contribution >= 4 is 11.0 Å². The lowest BCUT2D eigenvalue weighted by Crippen LogP contribution is -2.01. The Labute approximate surface area is 134 Å². The van der Waals surface area contributed by atoms with Crippen molar-refractivity contribution in [3.63, 3.8) is 0 Å². The van der Waals surface area contributed by atoms with Crippen LogP contribution in [0.4, 0.5) is 0 Å². The van der Waals surface area contributed by atoms with Gasteiger partial charge in [0, 0.05) is 18.2 Å². The molecular weight excluding hydrogens is 320 g/mol. The maximum absolute atomic E-state index is 12.2. The van der Waals surface area contributed by atoms with Crippen LogP contribution in [0.3, 0.4) is 0 Å². The molecule has 0 atom stereocenters. The summed E-state index contributed by atoms with van der Waals surface area (Å²) in [5, 5.41) is 48.4. The molecule has 0 aliphatic rings. The van der Waals surface area contributed by atoms with Crippen LogP contribution in [-0.2, 0) is 0 Å². The van der Waals surface area contributed by atoms with E-state index in [1.807, 2.05) is 0 Å². The fraction of sp³-hybridized carbons (Fsp3) is 0.0625. The van der Waals surface area contributed by atoms with Crippen molar-refractivity contribution in [1.29, 1.82) is 0 Å². The zero-order valence-electron chi connectivity index (χ0n) is 12.3. The number of phenolic OH excluding ortho intramolecular Hbond substituents is 5. The van der Waals surface area contributed by atoms with Crippen molar-refractivity contribution in [3.8, 4) is 45.8 Å². The van der Waals surface area contributed by atoms with Gasteiger partial charge in [-0.2, -0.15) is 0 Å². The number of hydrogen-bond donors (Lipinski definition) is 5. The summed E-state index contributed by atoms with van der Waals surface area (Å²) in [6, 6.07) is 4.03. The average Bonchev–Trinajstić information content (AvgIpc) is 2.52. The van der Waals surface area contributed by atoms with E-state index in [1.54, 1.807) is 0 Å². The molecule has 0 saturated carbocycles. The number of methoxy groups -OCH3 is 1. The number of fused-ring (bicyclic) bond motifs is 1. The molecule has 1 heterocycles. The Morgan fingerprint density at radius 2 is 1.54 bits per heavy atom. The maximum Gasteiger partial charge on any atom is 0.202 e. The molecule has 8 nitrogen and oxygen atoms in total. The van der Waals surface area contributed by atoms with Crippen molar-refractivity contribution in [2.45, 2.75) is 0 Å². The third-order valence-corrected chi connectivity index (χ3v) is 3.50. The van der Waals surface area contributed by atoms with Crippen LogP contribution in [0.25, 0.3) is 22.3 Å². The largest absolute Gasteiger partial charge is 0.507 e. The predicted molar refractivity (Wildman–Crippen MR) is 82.8 cm³/mol. The standard InChI is InChI=1S/C16H12O8/c1-23-13-2-6(7(17)3-8(13)18)12-5-10(20)14-9(19)4-11(21)15(22)16(14)24-12/h2-5,17-19,21-22H,1H3. The second-order valence-electron chi connectivity index (χ2n) is 4.98. The zero-order chi connectivity index (χ0) is 17.6. The minimum absolute atomic E-state index is 0.00545. The topological polar surface area (TPSA) is 141 Å². The molecular formula is C16H12O8. The van der Waals surface area contributed by atoms with E-state index in [0.29, 0.717) is 0 Å². The third kappa shape index (κ3) is 2.21. The summed E-state index contributed by atoms with van der Waals surface area (Å²) >= 11 is 0. The Morgan fingerprint density at radius 3 is 2.21 bits per heavy atom. The van der Waals surface area contributed by atoms with Gasteiger partial charge in [0.25, 0.3) is 0 Å². The smallest absolute Gasteiger partial charge is 0.202 e. The number of ether oxygens (including phenoxy) is 1. The Morgan fingerprint density at radius 1 is 0.875 bits per heavy atom. The minimum atomic E-state index is -0.730. The molecule has 2 aromatic carbocycles. The lowest BCUT2D eigenvalue weighted by molar-refractivity contribution is 0.369. The van der Waals surface area contributed by atoms with Gasteiger partial charge in [-0.1, -0.05) is 0 Å². The van der Waals surface area contributed by atoms with E-state index in [4.69, 9.17) is 9.15 Å². The molecule has 5 N–H and O–H groups in total. The van der Waals surface area contributed by atoms with Gasteiger partial charge in [0.1, 0.15) is 22.6 Å². The second kappa shape index (κ2) is 5.27. The van der Waals surface area contributed by atoms with Crippen molar-refractivity contribution in [2.75, 3.05) is 7.11 Å². The predicted octanol–water partition coefficient (Wildman–Crippen LogP) is 2.00. The van der Waals surface area contributed by atoms with Gasteiger partial charge in [-0.25, -0.2) is 0 Å². The number of hydrogen-bond acceptors (Lipinski definition) is 8. The quantitative estimate of drug-likeness (QED) is 0.354.